The van der Waals surface area contributed by atoms with E-state index in [1.807, 2.05) is 0 Å². The molecular formula is C23H38O6. The lowest BCUT2D eigenvalue weighted by Crippen LogP contribution is -2.59. The molecule has 0 amide bonds. The van der Waals surface area contributed by atoms with E-state index in [9.17, 15) is 15.0 Å². The molecule has 4 saturated carbocycles. The first-order chi connectivity index (χ1) is 13.9. The molecule has 166 valence electrons. The van der Waals surface area contributed by atoms with Gasteiger partial charge in [-0.1, -0.05) is 6.92 Å². The van der Waals surface area contributed by atoms with Gasteiger partial charge in [0.2, 0.25) is 0 Å². The van der Waals surface area contributed by atoms with Crippen LogP contribution in [0.15, 0.2) is 0 Å². The Kier molecular flexibility index (Phi) is 6.02. The number of carboxylic acids is 1. The van der Waals surface area contributed by atoms with Gasteiger partial charge in [-0.25, -0.2) is 0 Å². The molecule has 6 nitrogen and oxygen atoms in total. The highest BCUT2D eigenvalue weighted by Gasteiger charge is 2.65. The molecule has 0 aromatic heterocycles. The van der Waals surface area contributed by atoms with Gasteiger partial charge in [0.25, 0.3) is 0 Å². The summed E-state index contributed by atoms with van der Waals surface area (Å²) in [6.07, 6.45) is 7.81. The van der Waals surface area contributed by atoms with E-state index in [1.165, 1.54) is 0 Å². The van der Waals surface area contributed by atoms with Crippen LogP contribution in [-0.2, 0) is 19.0 Å². The zero-order valence-corrected chi connectivity index (χ0v) is 18.1. The van der Waals surface area contributed by atoms with Crippen LogP contribution in [0.2, 0.25) is 0 Å². The molecule has 0 saturated heterocycles. The fourth-order valence-corrected chi connectivity index (χ4v) is 8.28. The van der Waals surface area contributed by atoms with E-state index in [-0.39, 0.29) is 36.1 Å². The quantitative estimate of drug-likeness (QED) is 0.654. The summed E-state index contributed by atoms with van der Waals surface area (Å²) in [6, 6.07) is 0. The molecule has 0 radical (unpaired) electrons. The Morgan fingerprint density at radius 2 is 1.86 bits per heavy atom. The Morgan fingerprint density at radius 1 is 1.07 bits per heavy atom. The summed E-state index contributed by atoms with van der Waals surface area (Å²) < 4.78 is 17.0. The van der Waals surface area contributed by atoms with Gasteiger partial charge < -0.3 is 24.4 Å². The van der Waals surface area contributed by atoms with Crippen molar-refractivity contribution in [3.63, 3.8) is 0 Å². The SMILES string of the molecule is COCOC1CC2CC[C@@H]3[C@@H](CC[C@@]4(C(=O)O)C(CO)CC[C@@H]34)[C@@]2(C)CC1OC. The van der Waals surface area contributed by atoms with Gasteiger partial charge in [0.05, 0.1) is 17.6 Å². The second-order valence-corrected chi connectivity index (χ2v) is 10.3. The van der Waals surface area contributed by atoms with Crippen LogP contribution in [0.1, 0.15) is 58.3 Å². The normalized spacial score (nSPS) is 49.2. The Hall–Kier alpha value is -0.690. The average Bonchev–Trinajstić information content (AvgIpc) is 3.11. The fourth-order valence-electron chi connectivity index (χ4n) is 8.28. The molecule has 2 N–H and O–H groups in total. The molecular weight excluding hydrogens is 372 g/mol. The first kappa shape index (κ1) is 21.5. The number of aliphatic hydroxyl groups is 1. The van der Waals surface area contributed by atoms with E-state index in [4.69, 9.17) is 14.2 Å². The number of rotatable bonds is 6. The second-order valence-electron chi connectivity index (χ2n) is 10.3. The van der Waals surface area contributed by atoms with Crippen LogP contribution in [0, 0.1) is 40.4 Å². The number of methoxy groups -OCH3 is 2. The van der Waals surface area contributed by atoms with Crippen molar-refractivity contribution < 1.29 is 29.2 Å². The van der Waals surface area contributed by atoms with Crippen LogP contribution >= 0.6 is 0 Å². The molecule has 4 aliphatic rings. The Bertz CT molecular complexity index is 610. The fraction of sp³-hybridized carbons (Fsp3) is 0.957. The Morgan fingerprint density at radius 3 is 2.52 bits per heavy atom. The van der Waals surface area contributed by atoms with Gasteiger partial charge in [0, 0.05) is 20.8 Å². The van der Waals surface area contributed by atoms with Crippen molar-refractivity contribution in [2.24, 2.45) is 40.4 Å². The minimum atomic E-state index is -0.710. The highest BCUT2D eigenvalue weighted by Crippen LogP contribution is 2.67. The largest absolute Gasteiger partial charge is 0.481 e. The van der Waals surface area contributed by atoms with Gasteiger partial charge in [0.15, 0.2) is 0 Å². The maximum absolute atomic E-state index is 12.4. The number of carboxylic acid groups (broad SMARTS) is 1. The van der Waals surface area contributed by atoms with Crippen molar-refractivity contribution in [2.45, 2.75) is 70.5 Å². The number of hydrogen-bond acceptors (Lipinski definition) is 5. The average molecular weight is 411 g/mol. The van der Waals surface area contributed by atoms with E-state index in [0.717, 1.165) is 44.9 Å². The van der Waals surface area contributed by atoms with Crippen molar-refractivity contribution in [3.05, 3.63) is 0 Å². The van der Waals surface area contributed by atoms with Crippen LogP contribution in [0.25, 0.3) is 0 Å². The van der Waals surface area contributed by atoms with Gasteiger partial charge in [-0.05, 0) is 86.4 Å². The molecule has 0 heterocycles. The zero-order valence-electron chi connectivity index (χ0n) is 18.1. The van der Waals surface area contributed by atoms with E-state index < -0.39 is 11.4 Å². The molecule has 0 aromatic carbocycles. The molecule has 4 rings (SSSR count). The number of aliphatic carboxylic acids is 1. The summed E-state index contributed by atoms with van der Waals surface area (Å²) in [7, 11) is 3.43. The molecule has 9 atom stereocenters. The van der Waals surface area contributed by atoms with E-state index in [0.29, 0.717) is 31.0 Å². The van der Waals surface area contributed by atoms with Crippen molar-refractivity contribution in [3.8, 4) is 0 Å². The van der Waals surface area contributed by atoms with Gasteiger partial charge in [-0.2, -0.15) is 0 Å². The van der Waals surface area contributed by atoms with Crippen LogP contribution in [0.4, 0.5) is 0 Å². The molecule has 0 spiro atoms. The predicted octanol–water partition coefficient (Wildman–Crippen LogP) is 3.32. The summed E-state index contributed by atoms with van der Waals surface area (Å²) in [5.41, 5.74) is -0.545. The molecule has 6 heteroatoms. The Balaban J connectivity index is 1.59. The molecule has 0 aromatic rings. The summed E-state index contributed by atoms with van der Waals surface area (Å²) in [4.78, 5) is 12.4. The first-order valence-electron chi connectivity index (χ1n) is 11.4. The molecule has 4 unspecified atom stereocenters. The third-order valence-electron chi connectivity index (χ3n) is 9.64. The van der Waals surface area contributed by atoms with Gasteiger partial charge in [-0.15, -0.1) is 0 Å². The number of hydrogen-bond donors (Lipinski definition) is 2. The highest BCUT2D eigenvalue weighted by atomic mass is 16.7. The number of carbonyl (C=O) groups is 1. The second kappa shape index (κ2) is 8.10. The smallest absolute Gasteiger partial charge is 0.310 e. The summed E-state index contributed by atoms with van der Waals surface area (Å²) >= 11 is 0. The monoisotopic (exact) mass is 410 g/mol. The minimum absolute atomic E-state index is 0.00431. The molecule has 0 aliphatic heterocycles. The summed E-state index contributed by atoms with van der Waals surface area (Å²) in [5, 5.41) is 20.1. The van der Waals surface area contributed by atoms with Gasteiger partial charge in [0.1, 0.15) is 6.79 Å². The lowest BCUT2D eigenvalue weighted by atomic mass is 9.44. The van der Waals surface area contributed by atoms with Gasteiger partial charge >= 0.3 is 5.97 Å². The van der Waals surface area contributed by atoms with Crippen LogP contribution < -0.4 is 0 Å². The molecule has 4 fully saturated rings. The first-order valence-corrected chi connectivity index (χ1v) is 11.4. The van der Waals surface area contributed by atoms with Crippen LogP contribution in [0.5, 0.6) is 0 Å². The minimum Gasteiger partial charge on any atom is -0.481 e. The molecule has 4 aliphatic carbocycles. The number of fused-ring (bicyclic) bond motifs is 5. The van der Waals surface area contributed by atoms with Crippen LogP contribution in [0.3, 0.4) is 0 Å². The third kappa shape index (κ3) is 3.17. The van der Waals surface area contributed by atoms with E-state index >= 15 is 0 Å². The lowest BCUT2D eigenvalue weighted by molar-refractivity contribution is -0.201. The zero-order chi connectivity index (χ0) is 20.8. The molecule has 29 heavy (non-hydrogen) atoms. The highest BCUT2D eigenvalue weighted by molar-refractivity contribution is 5.76. The number of aliphatic hydroxyl groups excluding tert-OH is 1. The van der Waals surface area contributed by atoms with E-state index in [1.54, 1.807) is 14.2 Å². The Labute approximate surface area is 174 Å². The third-order valence-corrected chi connectivity index (χ3v) is 9.64. The van der Waals surface area contributed by atoms with Crippen molar-refractivity contribution in [1.29, 1.82) is 0 Å². The topological polar surface area (TPSA) is 85.2 Å². The lowest BCUT2D eigenvalue weighted by Gasteiger charge is -2.61. The maximum atomic E-state index is 12.4. The molecule has 0 bridgehead atoms. The maximum Gasteiger partial charge on any atom is 0.310 e. The van der Waals surface area contributed by atoms with E-state index in [2.05, 4.69) is 6.92 Å². The number of ether oxygens (including phenoxy) is 3. The summed E-state index contributed by atoms with van der Waals surface area (Å²) in [5.74, 6) is 1.03. The van der Waals surface area contributed by atoms with Gasteiger partial charge in [-0.3, -0.25) is 4.79 Å². The van der Waals surface area contributed by atoms with Crippen molar-refractivity contribution in [1.82, 2.24) is 0 Å². The van der Waals surface area contributed by atoms with Crippen molar-refractivity contribution in [2.75, 3.05) is 27.6 Å². The predicted molar refractivity (Wildman–Crippen MR) is 107 cm³/mol. The summed E-state index contributed by atoms with van der Waals surface area (Å²) in [6.45, 7) is 2.73. The standard InChI is InChI=1S/C23H38O6/c1-22-11-20(28-3)19(29-13-27-2)10-14(22)4-6-16-17(22)8-9-23(21(25)26)15(12-24)5-7-18(16)23/h14-20,24H,4-13H2,1-3H3,(H,25,26)/t14?,15?,16-,17-,18+,19?,20?,22+,23-/m1/s1. The van der Waals surface area contributed by atoms with Crippen LogP contribution in [-0.4, -0.2) is 56.0 Å². The van der Waals surface area contributed by atoms with Crippen molar-refractivity contribution >= 4 is 5.97 Å².